The Morgan fingerprint density at radius 2 is 2.21 bits per heavy atom. The molecule has 0 radical (unpaired) electrons. The summed E-state index contributed by atoms with van der Waals surface area (Å²) in [6, 6.07) is 0.222. The minimum absolute atomic E-state index is 0.162. The van der Waals surface area contributed by atoms with E-state index in [9.17, 15) is 4.79 Å². The fraction of sp³-hybridized carbons (Fsp3) is 0.500. The molecule has 0 aliphatic carbocycles. The summed E-state index contributed by atoms with van der Waals surface area (Å²) in [6.07, 6.45) is 1.47. The lowest BCUT2D eigenvalue weighted by Crippen LogP contribution is -2.24. The molecule has 2 aromatic rings. The highest BCUT2D eigenvalue weighted by atomic mass is 16.6. The number of nitrogens with zero attached hydrogens (tertiary/aromatic N) is 4. The van der Waals surface area contributed by atoms with Crippen LogP contribution in [0.1, 0.15) is 47.3 Å². The van der Waals surface area contributed by atoms with Crippen molar-refractivity contribution in [2.75, 3.05) is 0 Å². The van der Waals surface area contributed by atoms with Gasteiger partial charge in [-0.25, -0.2) is 4.63 Å². The summed E-state index contributed by atoms with van der Waals surface area (Å²) in [5, 5.41) is 14.3. The molecule has 0 bridgehead atoms. The van der Waals surface area contributed by atoms with Gasteiger partial charge in [0.1, 0.15) is 5.69 Å². The minimum Gasteiger partial charge on any atom is -0.346 e. The van der Waals surface area contributed by atoms with Crippen LogP contribution >= 0.6 is 0 Å². The molecule has 0 aliphatic heterocycles. The van der Waals surface area contributed by atoms with Crippen LogP contribution < -0.4 is 5.32 Å². The Labute approximate surface area is 110 Å². The van der Waals surface area contributed by atoms with E-state index in [2.05, 4.69) is 25.4 Å². The van der Waals surface area contributed by atoms with Gasteiger partial charge >= 0.3 is 0 Å². The fourth-order valence-corrected chi connectivity index (χ4v) is 2.02. The predicted octanol–water partition coefficient (Wildman–Crippen LogP) is 1.39. The average molecular weight is 263 g/mol. The van der Waals surface area contributed by atoms with Crippen molar-refractivity contribution in [2.24, 2.45) is 0 Å². The Kier molecular flexibility index (Phi) is 3.64. The second-order valence-corrected chi connectivity index (χ2v) is 4.67. The molecule has 1 amide bonds. The van der Waals surface area contributed by atoms with E-state index in [4.69, 9.17) is 0 Å². The van der Waals surface area contributed by atoms with E-state index in [1.54, 1.807) is 0 Å². The van der Waals surface area contributed by atoms with Gasteiger partial charge in [0.2, 0.25) is 0 Å². The van der Waals surface area contributed by atoms with Crippen molar-refractivity contribution in [3.05, 3.63) is 28.8 Å². The zero-order chi connectivity index (χ0) is 14.0. The van der Waals surface area contributed by atoms with Crippen molar-refractivity contribution < 1.29 is 9.42 Å². The number of amides is 1. The molecule has 7 heteroatoms. The van der Waals surface area contributed by atoms with Crippen molar-refractivity contribution in [1.82, 2.24) is 25.4 Å². The second kappa shape index (κ2) is 5.21. The molecular weight excluding hydrogens is 246 g/mol. The average Bonchev–Trinajstić information content (AvgIpc) is 2.94. The standard InChI is InChI=1S/C12H17N5O2/c1-7(2)17-9(4)11(8(3)15-17)12(18)13-5-10-6-14-19-16-10/h6-7H,5H2,1-4H3,(H,13,18). The van der Waals surface area contributed by atoms with E-state index < -0.39 is 0 Å². The number of hydrogen-bond acceptors (Lipinski definition) is 5. The number of carbonyl (C=O) groups excluding carboxylic acids is 1. The highest BCUT2D eigenvalue weighted by molar-refractivity contribution is 5.96. The quantitative estimate of drug-likeness (QED) is 0.901. The molecule has 7 nitrogen and oxygen atoms in total. The molecule has 0 aromatic carbocycles. The first-order valence-electron chi connectivity index (χ1n) is 6.11. The van der Waals surface area contributed by atoms with E-state index in [1.807, 2.05) is 32.4 Å². The third-order valence-electron chi connectivity index (χ3n) is 2.88. The van der Waals surface area contributed by atoms with Crippen LogP contribution in [-0.4, -0.2) is 26.0 Å². The third kappa shape index (κ3) is 2.64. The predicted molar refractivity (Wildman–Crippen MR) is 67.6 cm³/mol. The fourth-order valence-electron chi connectivity index (χ4n) is 2.02. The Morgan fingerprint density at radius 3 is 2.74 bits per heavy atom. The van der Waals surface area contributed by atoms with Gasteiger partial charge in [-0.15, -0.1) is 0 Å². The Bertz CT molecular complexity index is 571. The van der Waals surface area contributed by atoms with Crippen molar-refractivity contribution in [1.29, 1.82) is 0 Å². The summed E-state index contributed by atoms with van der Waals surface area (Å²) in [6.45, 7) is 8.07. The molecule has 19 heavy (non-hydrogen) atoms. The first kappa shape index (κ1) is 13.3. The first-order valence-corrected chi connectivity index (χ1v) is 6.11. The number of hydrogen-bond donors (Lipinski definition) is 1. The molecule has 0 atom stereocenters. The van der Waals surface area contributed by atoms with Gasteiger partial charge in [0.15, 0.2) is 0 Å². The van der Waals surface area contributed by atoms with Crippen LogP contribution in [-0.2, 0) is 6.54 Å². The largest absolute Gasteiger partial charge is 0.346 e. The lowest BCUT2D eigenvalue weighted by molar-refractivity contribution is 0.0948. The van der Waals surface area contributed by atoms with Crippen LogP contribution in [0, 0.1) is 13.8 Å². The minimum atomic E-state index is -0.162. The molecule has 2 rings (SSSR count). The topological polar surface area (TPSA) is 85.8 Å². The van der Waals surface area contributed by atoms with Crippen LogP contribution in [0.2, 0.25) is 0 Å². The number of nitrogens with one attached hydrogen (secondary N) is 1. The SMILES string of the molecule is Cc1nn(C(C)C)c(C)c1C(=O)NCc1cnon1. The molecule has 0 saturated carbocycles. The van der Waals surface area contributed by atoms with Crippen molar-refractivity contribution >= 4 is 5.91 Å². The van der Waals surface area contributed by atoms with E-state index in [0.29, 0.717) is 11.3 Å². The summed E-state index contributed by atoms with van der Waals surface area (Å²) in [7, 11) is 0. The van der Waals surface area contributed by atoms with E-state index in [1.165, 1.54) is 6.20 Å². The molecular formula is C12H17N5O2. The number of carbonyl (C=O) groups is 1. The van der Waals surface area contributed by atoms with Crippen molar-refractivity contribution in [3.8, 4) is 0 Å². The molecule has 0 saturated heterocycles. The second-order valence-electron chi connectivity index (χ2n) is 4.67. The van der Waals surface area contributed by atoms with Crippen LogP contribution in [0.15, 0.2) is 10.8 Å². The van der Waals surface area contributed by atoms with E-state index in [0.717, 1.165) is 11.4 Å². The molecule has 102 valence electrons. The van der Waals surface area contributed by atoms with Crippen LogP contribution in [0.25, 0.3) is 0 Å². The maximum atomic E-state index is 12.2. The molecule has 2 heterocycles. The molecule has 0 spiro atoms. The number of aryl methyl sites for hydroxylation is 1. The van der Waals surface area contributed by atoms with Gasteiger partial charge in [-0.3, -0.25) is 9.48 Å². The maximum Gasteiger partial charge on any atom is 0.255 e. The Balaban J connectivity index is 2.15. The zero-order valence-electron chi connectivity index (χ0n) is 11.5. The number of rotatable bonds is 4. The Hall–Kier alpha value is -2.18. The summed E-state index contributed by atoms with van der Waals surface area (Å²) in [5.74, 6) is -0.162. The van der Waals surface area contributed by atoms with Crippen LogP contribution in [0.3, 0.4) is 0 Å². The summed E-state index contributed by atoms with van der Waals surface area (Å²) in [4.78, 5) is 12.2. The monoisotopic (exact) mass is 263 g/mol. The van der Waals surface area contributed by atoms with Gasteiger partial charge in [0.25, 0.3) is 5.91 Å². The molecule has 0 aliphatic rings. The summed E-state index contributed by atoms with van der Waals surface area (Å²) >= 11 is 0. The van der Waals surface area contributed by atoms with Gasteiger partial charge in [0.05, 0.1) is 24.0 Å². The Morgan fingerprint density at radius 1 is 1.47 bits per heavy atom. The zero-order valence-corrected chi connectivity index (χ0v) is 11.5. The van der Waals surface area contributed by atoms with Gasteiger partial charge in [-0.1, -0.05) is 10.3 Å². The van der Waals surface area contributed by atoms with Crippen molar-refractivity contribution in [3.63, 3.8) is 0 Å². The molecule has 1 N–H and O–H groups in total. The summed E-state index contributed by atoms with van der Waals surface area (Å²) in [5.41, 5.74) is 2.79. The van der Waals surface area contributed by atoms with Crippen molar-refractivity contribution in [2.45, 2.75) is 40.3 Å². The highest BCUT2D eigenvalue weighted by Gasteiger charge is 2.19. The molecule has 0 unspecified atom stereocenters. The smallest absolute Gasteiger partial charge is 0.255 e. The van der Waals surface area contributed by atoms with Gasteiger partial charge < -0.3 is 5.32 Å². The maximum absolute atomic E-state index is 12.2. The molecule has 0 fully saturated rings. The van der Waals surface area contributed by atoms with E-state index >= 15 is 0 Å². The highest BCUT2D eigenvalue weighted by Crippen LogP contribution is 2.17. The third-order valence-corrected chi connectivity index (χ3v) is 2.88. The summed E-state index contributed by atoms with van der Waals surface area (Å²) < 4.78 is 6.32. The van der Waals surface area contributed by atoms with Gasteiger partial charge in [-0.05, 0) is 27.7 Å². The van der Waals surface area contributed by atoms with E-state index in [-0.39, 0.29) is 18.5 Å². The lowest BCUT2D eigenvalue weighted by atomic mass is 10.2. The van der Waals surface area contributed by atoms with Crippen LogP contribution in [0.4, 0.5) is 0 Å². The van der Waals surface area contributed by atoms with Crippen LogP contribution in [0.5, 0.6) is 0 Å². The molecule has 2 aromatic heterocycles. The number of aromatic nitrogens is 4. The lowest BCUT2D eigenvalue weighted by Gasteiger charge is -2.08. The normalized spacial score (nSPS) is 11.0. The van der Waals surface area contributed by atoms with Gasteiger partial charge in [0, 0.05) is 11.7 Å². The first-order chi connectivity index (χ1) is 9.00. The van der Waals surface area contributed by atoms with Gasteiger partial charge in [-0.2, -0.15) is 5.10 Å².